The Kier molecular flexibility index (Phi) is 8.43. The van der Waals surface area contributed by atoms with Crippen molar-refractivity contribution in [3.8, 4) is 0 Å². The van der Waals surface area contributed by atoms with Gasteiger partial charge in [0.05, 0.1) is 28.9 Å². The lowest BCUT2D eigenvalue weighted by molar-refractivity contribution is 0.0696. The van der Waals surface area contributed by atoms with E-state index in [1.807, 2.05) is 6.92 Å². The number of anilines is 1. The second-order valence-electron chi connectivity index (χ2n) is 8.58. The van der Waals surface area contributed by atoms with Gasteiger partial charge in [0.2, 0.25) is 0 Å². The van der Waals surface area contributed by atoms with E-state index in [1.165, 1.54) is 34.8 Å². The van der Waals surface area contributed by atoms with Crippen LogP contribution >= 0.6 is 11.6 Å². The molecule has 0 aromatic heterocycles. The van der Waals surface area contributed by atoms with Crippen molar-refractivity contribution >= 4 is 45.4 Å². The summed E-state index contributed by atoms with van der Waals surface area (Å²) in [6, 6.07) is 25.8. The van der Waals surface area contributed by atoms with E-state index in [9.17, 15) is 18.0 Å². The maximum absolute atomic E-state index is 13.6. The van der Waals surface area contributed by atoms with Crippen molar-refractivity contribution in [2.24, 2.45) is 5.10 Å². The molecule has 8 nitrogen and oxygen atoms in total. The molecule has 0 unspecified atom stereocenters. The quantitative estimate of drug-likeness (QED) is 0.206. The molecule has 4 aromatic rings. The Morgan fingerprint density at radius 1 is 0.923 bits per heavy atom. The summed E-state index contributed by atoms with van der Waals surface area (Å²) in [6.45, 7) is 1.83. The number of amides is 1. The highest BCUT2D eigenvalue weighted by atomic mass is 35.5. The number of hydrazone groups is 1. The number of hydrogen-bond donors (Lipinski definition) is 2. The van der Waals surface area contributed by atoms with E-state index in [0.717, 1.165) is 5.56 Å². The van der Waals surface area contributed by atoms with Crippen molar-refractivity contribution in [2.45, 2.75) is 18.4 Å². The SMILES string of the molecule is Cc1ccc(Cl)cc1N(Cc1ccc(C(=O)N/N=C\c2ccc(C(=O)O)cc2)cc1)S(=O)(=O)c1ccccc1. The van der Waals surface area contributed by atoms with Crippen LogP contribution in [0.1, 0.15) is 37.4 Å². The number of halogens is 1. The molecule has 0 aliphatic heterocycles. The summed E-state index contributed by atoms with van der Waals surface area (Å²) in [5.41, 5.74) is 5.38. The van der Waals surface area contributed by atoms with Gasteiger partial charge in [0.1, 0.15) is 0 Å². The third-order valence-corrected chi connectivity index (χ3v) is 7.86. The number of benzene rings is 4. The van der Waals surface area contributed by atoms with Crippen LogP contribution in [0.3, 0.4) is 0 Å². The first-order chi connectivity index (χ1) is 18.6. The molecule has 0 saturated carbocycles. The third-order valence-electron chi connectivity index (χ3n) is 5.85. The number of carbonyl (C=O) groups is 2. The van der Waals surface area contributed by atoms with Gasteiger partial charge in [0.25, 0.3) is 15.9 Å². The summed E-state index contributed by atoms with van der Waals surface area (Å²) in [6.07, 6.45) is 1.40. The molecule has 0 fully saturated rings. The van der Waals surface area contributed by atoms with Gasteiger partial charge in [-0.05, 0) is 72.1 Å². The van der Waals surface area contributed by atoms with Gasteiger partial charge < -0.3 is 5.11 Å². The molecule has 0 atom stereocenters. The van der Waals surface area contributed by atoms with Crippen LogP contribution in [0.25, 0.3) is 0 Å². The molecule has 4 aromatic carbocycles. The number of hydrogen-bond acceptors (Lipinski definition) is 5. The van der Waals surface area contributed by atoms with E-state index in [4.69, 9.17) is 16.7 Å². The first kappa shape index (κ1) is 27.6. The predicted octanol–water partition coefficient (Wildman–Crippen LogP) is 5.51. The molecular weight excluding hydrogens is 538 g/mol. The smallest absolute Gasteiger partial charge is 0.335 e. The van der Waals surface area contributed by atoms with Crippen LogP contribution in [0.4, 0.5) is 5.69 Å². The normalized spacial score (nSPS) is 11.3. The second-order valence-corrected chi connectivity index (χ2v) is 10.9. The molecule has 10 heteroatoms. The zero-order valence-electron chi connectivity index (χ0n) is 20.8. The molecule has 39 heavy (non-hydrogen) atoms. The lowest BCUT2D eigenvalue weighted by Gasteiger charge is -2.26. The minimum Gasteiger partial charge on any atom is -0.478 e. The fourth-order valence-corrected chi connectivity index (χ4v) is 5.44. The number of carboxylic acid groups (broad SMARTS) is 1. The van der Waals surface area contributed by atoms with E-state index in [0.29, 0.717) is 27.4 Å². The maximum Gasteiger partial charge on any atom is 0.335 e. The van der Waals surface area contributed by atoms with Crippen LogP contribution in [0.5, 0.6) is 0 Å². The first-order valence-electron chi connectivity index (χ1n) is 11.7. The number of nitrogens with one attached hydrogen (secondary N) is 1. The van der Waals surface area contributed by atoms with Crippen LogP contribution in [-0.4, -0.2) is 31.6 Å². The van der Waals surface area contributed by atoms with Gasteiger partial charge in [-0.2, -0.15) is 5.10 Å². The highest BCUT2D eigenvalue weighted by Crippen LogP contribution is 2.31. The lowest BCUT2D eigenvalue weighted by Crippen LogP contribution is -2.31. The number of nitrogens with zero attached hydrogens (tertiary/aromatic N) is 2. The molecule has 0 radical (unpaired) electrons. The monoisotopic (exact) mass is 561 g/mol. The van der Waals surface area contributed by atoms with E-state index in [2.05, 4.69) is 10.5 Å². The average Bonchev–Trinajstić information content (AvgIpc) is 2.94. The Balaban J connectivity index is 1.52. The Morgan fingerprint density at radius 2 is 1.56 bits per heavy atom. The second kappa shape index (κ2) is 11.9. The molecule has 0 saturated heterocycles. The molecule has 1 amide bonds. The van der Waals surface area contributed by atoms with Gasteiger partial charge in [0.15, 0.2) is 0 Å². The molecule has 198 valence electrons. The average molecular weight is 562 g/mol. The van der Waals surface area contributed by atoms with Crippen molar-refractivity contribution in [1.82, 2.24) is 5.43 Å². The summed E-state index contributed by atoms with van der Waals surface area (Å²) >= 11 is 6.21. The van der Waals surface area contributed by atoms with Crippen LogP contribution in [0.2, 0.25) is 5.02 Å². The van der Waals surface area contributed by atoms with Crippen molar-refractivity contribution in [3.05, 3.63) is 130 Å². The molecule has 0 bridgehead atoms. The van der Waals surface area contributed by atoms with Gasteiger partial charge in [-0.15, -0.1) is 0 Å². The minimum absolute atomic E-state index is 0.0187. The summed E-state index contributed by atoms with van der Waals surface area (Å²) in [5.74, 6) is -1.49. The number of aryl methyl sites for hydroxylation is 1. The molecule has 0 aliphatic rings. The molecule has 4 rings (SSSR count). The Labute approximate surface area is 231 Å². The zero-order valence-corrected chi connectivity index (χ0v) is 22.4. The molecule has 0 aliphatic carbocycles. The molecule has 0 spiro atoms. The van der Waals surface area contributed by atoms with E-state index < -0.39 is 21.9 Å². The van der Waals surface area contributed by atoms with Gasteiger partial charge in [-0.3, -0.25) is 9.10 Å². The summed E-state index contributed by atoms with van der Waals surface area (Å²) < 4.78 is 28.6. The number of rotatable bonds is 9. The van der Waals surface area contributed by atoms with Crippen molar-refractivity contribution < 1.29 is 23.1 Å². The highest BCUT2D eigenvalue weighted by Gasteiger charge is 2.26. The standard InChI is InChI=1S/C29H24ClN3O5S/c1-20-7-16-25(30)17-27(20)33(39(37,38)26-5-3-2-4-6-26)19-22-10-12-23(13-11-22)28(34)32-31-18-21-8-14-24(15-9-21)29(35)36/h2-18H,19H2,1H3,(H,32,34)(H,35,36)/b31-18-. The summed E-state index contributed by atoms with van der Waals surface area (Å²) in [5, 5.41) is 13.3. The van der Waals surface area contributed by atoms with Gasteiger partial charge in [-0.1, -0.05) is 60.1 Å². The number of carboxylic acids is 1. The Bertz CT molecular complexity index is 1620. The Morgan fingerprint density at radius 3 is 2.21 bits per heavy atom. The predicted molar refractivity (Wildman–Crippen MR) is 151 cm³/mol. The molecule has 2 N–H and O–H groups in total. The summed E-state index contributed by atoms with van der Waals surface area (Å²) in [7, 11) is -3.92. The van der Waals surface area contributed by atoms with Gasteiger partial charge in [0, 0.05) is 10.6 Å². The molecular formula is C29H24ClN3O5S. The third kappa shape index (κ3) is 6.70. The van der Waals surface area contributed by atoms with Crippen molar-refractivity contribution in [3.63, 3.8) is 0 Å². The van der Waals surface area contributed by atoms with E-state index in [1.54, 1.807) is 72.8 Å². The first-order valence-corrected chi connectivity index (χ1v) is 13.6. The van der Waals surface area contributed by atoms with E-state index in [-0.39, 0.29) is 17.0 Å². The summed E-state index contributed by atoms with van der Waals surface area (Å²) in [4.78, 5) is 23.6. The topological polar surface area (TPSA) is 116 Å². The van der Waals surface area contributed by atoms with Crippen LogP contribution in [-0.2, 0) is 16.6 Å². The fraction of sp³-hybridized carbons (Fsp3) is 0.0690. The molecule has 0 heterocycles. The van der Waals surface area contributed by atoms with Crippen LogP contribution in [0, 0.1) is 6.92 Å². The van der Waals surface area contributed by atoms with E-state index >= 15 is 0 Å². The zero-order chi connectivity index (χ0) is 28.0. The lowest BCUT2D eigenvalue weighted by atomic mass is 10.1. The number of sulfonamides is 1. The fourth-order valence-electron chi connectivity index (χ4n) is 3.74. The Hall–Kier alpha value is -4.47. The van der Waals surface area contributed by atoms with Crippen molar-refractivity contribution in [2.75, 3.05) is 4.31 Å². The van der Waals surface area contributed by atoms with Gasteiger partial charge in [-0.25, -0.2) is 18.6 Å². The van der Waals surface area contributed by atoms with Crippen molar-refractivity contribution in [1.29, 1.82) is 0 Å². The highest BCUT2D eigenvalue weighted by molar-refractivity contribution is 7.92. The number of aromatic carboxylic acids is 1. The minimum atomic E-state index is -3.92. The largest absolute Gasteiger partial charge is 0.478 e. The van der Waals surface area contributed by atoms with Crippen LogP contribution < -0.4 is 9.73 Å². The number of carbonyl (C=O) groups excluding carboxylic acids is 1. The van der Waals surface area contributed by atoms with Crippen LogP contribution in [0.15, 0.2) is 107 Å². The van der Waals surface area contributed by atoms with Gasteiger partial charge >= 0.3 is 5.97 Å². The maximum atomic E-state index is 13.6.